The molecular formula is C26H25N3O2. The molecular weight excluding hydrogens is 386 g/mol. The predicted octanol–water partition coefficient (Wildman–Crippen LogP) is 4.18. The van der Waals surface area contributed by atoms with Gasteiger partial charge < -0.3 is 9.47 Å². The predicted molar refractivity (Wildman–Crippen MR) is 122 cm³/mol. The van der Waals surface area contributed by atoms with Crippen molar-refractivity contribution in [2.24, 2.45) is 5.10 Å². The Labute approximate surface area is 182 Å². The van der Waals surface area contributed by atoms with Gasteiger partial charge in [-0.3, -0.25) is 9.91 Å². The molecule has 1 fully saturated rings. The number of hydrogen-bond donors (Lipinski definition) is 0. The van der Waals surface area contributed by atoms with Crippen LogP contribution in [0.5, 0.6) is 11.5 Å². The Balaban J connectivity index is 1.16. The summed E-state index contributed by atoms with van der Waals surface area (Å²) >= 11 is 0. The van der Waals surface area contributed by atoms with Gasteiger partial charge in [0, 0.05) is 26.2 Å². The molecule has 6 rings (SSSR count). The third-order valence-electron chi connectivity index (χ3n) is 6.39. The highest BCUT2D eigenvalue weighted by molar-refractivity contribution is 5.81. The van der Waals surface area contributed by atoms with Crippen LogP contribution in [0.15, 0.2) is 71.8 Å². The standard InChI is InChI=1S/C26H25N3O2/c1-3-7-22-20(5-1)21-6-2-4-8-23(21)26(22)28-11-13-29(14-12-28)27-18-19-9-10-24-25(17-19)31-16-15-30-24/h1-10,17-18,26H,11-16H2/b27-18+. The van der Waals surface area contributed by atoms with Crippen LogP contribution in [-0.2, 0) is 0 Å². The maximum Gasteiger partial charge on any atom is 0.162 e. The lowest BCUT2D eigenvalue weighted by Gasteiger charge is -2.37. The van der Waals surface area contributed by atoms with Gasteiger partial charge in [-0.05, 0) is 46.0 Å². The second-order valence-corrected chi connectivity index (χ2v) is 8.21. The quantitative estimate of drug-likeness (QED) is 0.606. The van der Waals surface area contributed by atoms with Gasteiger partial charge in [-0.1, -0.05) is 48.5 Å². The van der Waals surface area contributed by atoms with Crippen molar-refractivity contribution in [3.63, 3.8) is 0 Å². The van der Waals surface area contributed by atoms with Crippen molar-refractivity contribution in [2.75, 3.05) is 39.4 Å². The van der Waals surface area contributed by atoms with E-state index in [1.165, 1.54) is 22.3 Å². The monoisotopic (exact) mass is 411 g/mol. The minimum Gasteiger partial charge on any atom is -0.486 e. The number of benzene rings is 3. The molecule has 0 atom stereocenters. The Hall–Kier alpha value is -3.31. The average molecular weight is 412 g/mol. The fourth-order valence-electron chi connectivity index (χ4n) is 4.90. The first-order valence-electron chi connectivity index (χ1n) is 11.0. The average Bonchev–Trinajstić information content (AvgIpc) is 3.17. The van der Waals surface area contributed by atoms with Crippen LogP contribution in [0.4, 0.5) is 0 Å². The maximum atomic E-state index is 5.68. The highest BCUT2D eigenvalue weighted by Gasteiger charge is 2.33. The Morgan fingerprint density at radius 2 is 1.39 bits per heavy atom. The number of fused-ring (bicyclic) bond motifs is 4. The Bertz CT molecular complexity index is 1090. The van der Waals surface area contributed by atoms with Gasteiger partial charge >= 0.3 is 0 Å². The Morgan fingerprint density at radius 1 is 0.742 bits per heavy atom. The molecule has 5 nitrogen and oxygen atoms in total. The highest BCUT2D eigenvalue weighted by Crippen LogP contribution is 2.46. The molecule has 0 spiro atoms. The van der Waals surface area contributed by atoms with Crippen molar-refractivity contribution >= 4 is 6.21 Å². The zero-order chi connectivity index (χ0) is 20.6. The molecule has 156 valence electrons. The van der Waals surface area contributed by atoms with E-state index < -0.39 is 0 Å². The first kappa shape index (κ1) is 18.5. The molecule has 3 aromatic carbocycles. The fraction of sp³-hybridized carbons (Fsp3) is 0.269. The minimum atomic E-state index is 0.344. The van der Waals surface area contributed by atoms with Crippen molar-refractivity contribution in [3.8, 4) is 22.6 Å². The molecule has 0 radical (unpaired) electrons. The van der Waals surface area contributed by atoms with E-state index in [4.69, 9.17) is 14.6 Å². The summed E-state index contributed by atoms with van der Waals surface area (Å²) in [4.78, 5) is 2.60. The van der Waals surface area contributed by atoms with Crippen molar-refractivity contribution in [3.05, 3.63) is 83.4 Å². The topological polar surface area (TPSA) is 37.3 Å². The lowest BCUT2D eigenvalue weighted by Crippen LogP contribution is -2.45. The molecule has 2 heterocycles. The lowest BCUT2D eigenvalue weighted by molar-refractivity contribution is 0.114. The molecule has 0 amide bonds. The maximum absolute atomic E-state index is 5.68. The van der Waals surface area contributed by atoms with Gasteiger partial charge in [-0.25, -0.2) is 0 Å². The molecule has 0 saturated carbocycles. The summed E-state index contributed by atoms with van der Waals surface area (Å²) in [5, 5.41) is 6.90. The van der Waals surface area contributed by atoms with Crippen molar-refractivity contribution in [1.29, 1.82) is 0 Å². The first-order chi connectivity index (χ1) is 15.4. The summed E-state index contributed by atoms with van der Waals surface area (Å²) in [6, 6.07) is 24.0. The number of ether oxygens (including phenoxy) is 2. The van der Waals surface area contributed by atoms with Crippen LogP contribution >= 0.6 is 0 Å². The molecule has 0 unspecified atom stereocenters. The van der Waals surface area contributed by atoms with Crippen LogP contribution in [0.2, 0.25) is 0 Å². The number of nitrogens with zero attached hydrogens (tertiary/aromatic N) is 3. The van der Waals surface area contributed by atoms with E-state index in [0.29, 0.717) is 19.3 Å². The van der Waals surface area contributed by atoms with Crippen LogP contribution in [0, 0.1) is 0 Å². The third kappa shape index (κ3) is 3.35. The third-order valence-corrected chi connectivity index (χ3v) is 6.39. The molecule has 1 saturated heterocycles. The number of hydrogen-bond acceptors (Lipinski definition) is 5. The zero-order valence-corrected chi connectivity index (χ0v) is 17.4. The van der Waals surface area contributed by atoms with E-state index in [9.17, 15) is 0 Å². The van der Waals surface area contributed by atoms with Crippen molar-refractivity contribution < 1.29 is 9.47 Å². The summed E-state index contributed by atoms with van der Waals surface area (Å²) in [5.41, 5.74) is 6.64. The van der Waals surface area contributed by atoms with Gasteiger partial charge in [0.05, 0.1) is 12.3 Å². The first-order valence-corrected chi connectivity index (χ1v) is 11.0. The van der Waals surface area contributed by atoms with Crippen molar-refractivity contribution in [1.82, 2.24) is 9.91 Å². The zero-order valence-electron chi connectivity index (χ0n) is 17.4. The van der Waals surface area contributed by atoms with Gasteiger partial charge in [0.1, 0.15) is 13.2 Å². The summed E-state index contributed by atoms with van der Waals surface area (Å²) in [6.07, 6.45) is 1.92. The summed E-state index contributed by atoms with van der Waals surface area (Å²) in [6.45, 7) is 5.03. The van der Waals surface area contributed by atoms with Crippen LogP contribution in [0.3, 0.4) is 0 Å². The van der Waals surface area contributed by atoms with E-state index in [1.807, 2.05) is 24.4 Å². The van der Waals surface area contributed by atoms with E-state index in [2.05, 4.69) is 58.4 Å². The second kappa shape index (κ2) is 7.75. The number of piperazine rings is 1. The van der Waals surface area contributed by atoms with Gasteiger partial charge in [0.25, 0.3) is 0 Å². The molecule has 0 bridgehead atoms. The largest absolute Gasteiger partial charge is 0.486 e. The summed E-state index contributed by atoms with van der Waals surface area (Å²) in [7, 11) is 0. The van der Waals surface area contributed by atoms with Gasteiger partial charge in [-0.15, -0.1) is 0 Å². The number of rotatable bonds is 3. The Morgan fingerprint density at radius 3 is 2.10 bits per heavy atom. The van der Waals surface area contributed by atoms with Crippen LogP contribution in [0.1, 0.15) is 22.7 Å². The minimum absolute atomic E-state index is 0.344. The number of hydrazone groups is 1. The molecule has 0 aromatic heterocycles. The lowest BCUT2D eigenvalue weighted by atomic mass is 10.0. The molecule has 3 aliphatic rings. The van der Waals surface area contributed by atoms with E-state index in [1.54, 1.807) is 0 Å². The smallest absolute Gasteiger partial charge is 0.162 e. The normalized spacial score (nSPS) is 18.3. The van der Waals surface area contributed by atoms with Gasteiger partial charge in [0.15, 0.2) is 11.5 Å². The Kier molecular flexibility index (Phi) is 4.61. The summed E-state index contributed by atoms with van der Waals surface area (Å²) < 4.78 is 11.3. The van der Waals surface area contributed by atoms with E-state index in [-0.39, 0.29) is 0 Å². The fourth-order valence-corrected chi connectivity index (χ4v) is 4.90. The molecule has 5 heteroatoms. The molecule has 3 aromatic rings. The van der Waals surface area contributed by atoms with Crippen LogP contribution < -0.4 is 9.47 Å². The molecule has 0 N–H and O–H groups in total. The molecule has 31 heavy (non-hydrogen) atoms. The SMILES string of the molecule is C(=N\N1CCN(C2c3ccccc3-c3ccccc32)CC1)/c1ccc2c(c1)OCCO2. The van der Waals surface area contributed by atoms with Gasteiger partial charge in [-0.2, -0.15) is 5.10 Å². The van der Waals surface area contributed by atoms with E-state index >= 15 is 0 Å². The molecule has 1 aliphatic carbocycles. The second-order valence-electron chi connectivity index (χ2n) is 8.21. The van der Waals surface area contributed by atoms with Crippen LogP contribution in [-0.4, -0.2) is 55.5 Å². The van der Waals surface area contributed by atoms with E-state index in [0.717, 1.165) is 43.2 Å². The molecule has 2 aliphatic heterocycles. The van der Waals surface area contributed by atoms with Gasteiger partial charge in [0.2, 0.25) is 0 Å². The van der Waals surface area contributed by atoms with Crippen molar-refractivity contribution in [2.45, 2.75) is 6.04 Å². The highest BCUT2D eigenvalue weighted by atomic mass is 16.6. The summed E-state index contributed by atoms with van der Waals surface area (Å²) in [5.74, 6) is 1.62. The van der Waals surface area contributed by atoms with Crippen LogP contribution in [0.25, 0.3) is 11.1 Å².